The van der Waals surface area contributed by atoms with Crippen LogP contribution < -0.4 is 10.5 Å². The third-order valence-corrected chi connectivity index (χ3v) is 3.82. The molecule has 0 bridgehead atoms. The minimum atomic E-state index is -0.305. The van der Waals surface area contributed by atoms with E-state index in [1.54, 1.807) is 12.4 Å². The zero-order valence-corrected chi connectivity index (χ0v) is 13.5. The second kappa shape index (κ2) is 7.07. The van der Waals surface area contributed by atoms with Crippen molar-refractivity contribution < 1.29 is 4.74 Å². The van der Waals surface area contributed by atoms with Crippen LogP contribution >= 0.6 is 27.5 Å². The van der Waals surface area contributed by atoms with Crippen LogP contribution in [0.1, 0.15) is 30.5 Å². The van der Waals surface area contributed by atoms with Crippen molar-refractivity contribution in [1.29, 1.82) is 0 Å². The first-order valence-electron chi connectivity index (χ1n) is 6.40. The monoisotopic (exact) mass is 354 g/mol. The molecule has 0 saturated heterocycles. The Balaban J connectivity index is 2.28. The highest BCUT2D eigenvalue weighted by Crippen LogP contribution is 2.30. The zero-order valence-electron chi connectivity index (χ0n) is 11.1. The molecule has 1 aromatic carbocycles. The van der Waals surface area contributed by atoms with E-state index in [1.807, 2.05) is 24.3 Å². The van der Waals surface area contributed by atoms with Crippen LogP contribution in [-0.4, -0.2) is 11.6 Å². The summed E-state index contributed by atoms with van der Waals surface area (Å²) in [6.07, 6.45) is 4.39. The van der Waals surface area contributed by atoms with E-state index >= 15 is 0 Å². The summed E-state index contributed by atoms with van der Waals surface area (Å²) < 4.78 is 6.51. The van der Waals surface area contributed by atoms with E-state index in [1.165, 1.54) is 0 Å². The lowest BCUT2D eigenvalue weighted by Gasteiger charge is -2.15. The lowest BCUT2D eigenvalue weighted by molar-refractivity contribution is 0.315. The second-order valence-corrected chi connectivity index (χ2v) is 5.74. The fourth-order valence-electron chi connectivity index (χ4n) is 1.84. The number of pyridine rings is 1. The molecule has 1 atom stereocenters. The maximum absolute atomic E-state index is 6.30. The van der Waals surface area contributed by atoms with E-state index in [0.717, 1.165) is 27.8 Å². The van der Waals surface area contributed by atoms with Crippen LogP contribution in [0.4, 0.5) is 0 Å². The van der Waals surface area contributed by atoms with Gasteiger partial charge >= 0.3 is 0 Å². The summed E-state index contributed by atoms with van der Waals surface area (Å²) in [5, 5.41) is 0.657. The van der Waals surface area contributed by atoms with Crippen LogP contribution in [0.5, 0.6) is 5.75 Å². The van der Waals surface area contributed by atoms with Gasteiger partial charge in [-0.1, -0.05) is 34.5 Å². The predicted octanol–water partition coefficient (Wildman–Crippen LogP) is 4.33. The van der Waals surface area contributed by atoms with Gasteiger partial charge in [-0.15, -0.1) is 0 Å². The van der Waals surface area contributed by atoms with E-state index in [2.05, 4.69) is 27.8 Å². The summed E-state index contributed by atoms with van der Waals surface area (Å²) in [7, 11) is 0. The number of nitrogens with zero attached hydrogens (tertiary/aromatic N) is 1. The highest BCUT2D eigenvalue weighted by Gasteiger charge is 2.14. The summed E-state index contributed by atoms with van der Waals surface area (Å²) in [6, 6.07) is 7.18. The molecule has 2 rings (SSSR count). The second-order valence-electron chi connectivity index (χ2n) is 4.45. The fourth-order valence-corrected chi connectivity index (χ4v) is 2.51. The van der Waals surface area contributed by atoms with Crippen molar-refractivity contribution in [2.24, 2.45) is 5.73 Å². The van der Waals surface area contributed by atoms with Gasteiger partial charge in [-0.25, -0.2) is 0 Å². The third-order valence-electron chi connectivity index (χ3n) is 2.86. The lowest BCUT2D eigenvalue weighted by atomic mass is 10.0. The molecular formula is C15H16BrClN2O. The van der Waals surface area contributed by atoms with Gasteiger partial charge in [-0.3, -0.25) is 4.98 Å². The highest BCUT2D eigenvalue weighted by atomic mass is 79.9. The van der Waals surface area contributed by atoms with Gasteiger partial charge in [0, 0.05) is 15.7 Å². The molecule has 0 amide bonds. The Labute approximate surface area is 132 Å². The molecule has 3 nitrogen and oxygen atoms in total. The standard InChI is InChI=1S/C15H16BrClN2O/c1-2-5-20-12-6-10(8-19-9-12)15(18)13-7-11(17)3-4-14(13)16/h3-4,6-9,15H,2,5,18H2,1H3. The first kappa shape index (κ1) is 15.3. The third kappa shape index (κ3) is 3.72. The van der Waals surface area contributed by atoms with Crippen molar-refractivity contribution in [2.45, 2.75) is 19.4 Å². The lowest BCUT2D eigenvalue weighted by Crippen LogP contribution is -2.13. The van der Waals surface area contributed by atoms with Gasteiger partial charge < -0.3 is 10.5 Å². The minimum Gasteiger partial charge on any atom is -0.492 e. The topological polar surface area (TPSA) is 48.1 Å². The maximum atomic E-state index is 6.30. The van der Waals surface area contributed by atoms with Crippen LogP contribution in [0.3, 0.4) is 0 Å². The maximum Gasteiger partial charge on any atom is 0.137 e. The van der Waals surface area contributed by atoms with Crippen LogP contribution in [-0.2, 0) is 0 Å². The molecule has 5 heteroatoms. The van der Waals surface area contributed by atoms with E-state index in [4.69, 9.17) is 22.1 Å². The SMILES string of the molecule is CCCOc1cncc(C(N)c2cc(Cl)ccc2Br)c1. The molecule has 0 aliphatic rings. The average molecular weight is 356 g/mol. The van der Waals surface area contributed by atoms with Gasteiger partial charge in [-0.2, -0.15) is 0 Å². The predicted molar refractivity (Wildman–Crippen MR) is 85.2 cm³/mol. The normalized spacial score (nSPS) is 12.2. The van der Waals surface area contributed by atoms with E-state index in [-0.39, 0.29) is 6.04 Å². The zero-order chi connectivity index (χ0) is 14.5. The van der Waals surface area contributed by atoms with E-state index in [0.29, 0.717) is 11.6 Å². The highest BCUT2D eigenvalue weighted by molar-refractivity contribution is 9.10. The van der Waals surface area contributed by atoms with Gasteiger partial charge in [-0.05, 0) is 41.8 Å². The Kier molecular flexibility index (Phi) is 5.40. The van der Waals surface area contributed by atoms with Crippen LogP contribution in [0.25, 0.3) is 0 Å². The van der Waals surface area contributed by atoms with Crippen molar-refractivity contribution in [3.8, 4) is 5.75 Å². The summed E-state index contributed by atoms with van der Waals surface area (Å²) in [5.74, 6) is 0.734. The molecule has 0 radical (unpaired) electrons. The van der Waals surface area contributed by atoms with Gasteiger partial charge in [0.15, 0.2) is 0 Å². The van der Waals surface area contributed by atoms with Gasteiger partial charge in [0.05, 0.1) is 18.8 Å². The van der Waals surface area contributed by atoms with Crippen molar-refractivity contribution in [2.75, 3.05) is 6.61 Å². The average Bonchev–Trinajstić information content (AvgIpc) is 2.47. The van der Waals surface area contributed by atoms with Crippen LogP contribution in [0.2, 0.25) is 5.02 Å². The van der Waals surface area contributed by atoms with Gasteiger partial charge in [0.1, 0.15) is 5.75 Å². The summed E-state index contributed by atoms with van der Waals surface area (Å²) in [5.41, 5.74) is 8.11. The molecule has 106 valence electrons. The first-order chi connectivity index (χ1) is 9.61. The largest absolute Gasteiger partial charge is 0.492 e. The van der Waals surface area contributed by atoms with E-state index < -0.39 is 0 Å². The number of halogens is 2. The molecule has 1 heterocycles. The van der Waals surface area contributed by atoms with E-state index in [9.17, 15) is 0 Å². The Morgan fingerprint density at radius 2 is 2.15 bits per heavy atom. The number of benzene rings is 1. The van der Waals surface area contributed by atoms with Crippen molar-refractivity contribution in [1.82, 2.24) is 4.98 Å². The fraction of sp³-hybridized carbons (Fsp3) is 0.267. The van der Waals surface area contributed by atoms with Crippen molar-refractivity contribution >= 4 is 27.5 Å². The number of hydrogen-bond donors (Lipinski definition) is 1. The molecule has 2 aromatic rings. The van der Waals surface area contributed by atoms with Crippen molar-refractivity contribution in [3.63, 3.8) is 0 Å². The summed E-state index contributed by atoms with van der Waals surface area (Å²) in [4.78, 5) is 4.18. The molecule has 0 aliphatic carbocycles. The Morgan fingerprint density at radius 1 is 1.35 bits per heavy atom. The van der Waals surface area contributed by atoms with Crippen molar-refractivity contribution in [3.05, 3.63) is 57.3 Å². The molecule has 0 spiro atoms. The summed E-state index contributed by atoms with van der Waals surface area (Å²) in [6.45, 7) is 2.73. The molecule has 1 aromatic heterocycles. The Bertz CT molecular complexity index is 592. The molecule has 0 fully saturated rings. The summed E-state index contributed by atoms with van der Waals surface area (Å²) >= 11 is 9.53. The quantitative estimate of drug-likeness (QED) is 0.868. The minimum absolute atomic E-state index is 0.305. The number of rotatable bonds is 5. The van der Waals surface area contributed by atoms with Gasteiger partial charge in [0.25, 0.3) is 0 Å². The van der Waals surface area contributed by atoms with Crippen LogP contribution in [0, 0.1) is 0 Å². The first-order valence-corrected chi connectivity index (χ1v) is 7.57. The number of aromatic nitrogens is 1. The Morgan fingerprint density at radius 3 is 2.90 bits per heavy atom. The molecule has 1 unspecified atom stereocenters. The molecular weight excluding hydrogens is 340 g/mol. The number of nitrogens with two attached hydrogens (primary N) is 1. The number of hydrogen-bond acceptors (Lipinski definition) is 3. The molecule has 0 aliphatic heterocycles. The number of ether oxygens (including phenoxy) is 1. The molecule has 20 heavy (non-hydrogen) atoms. The van der Waals surface area contributed by atoms with Crippen LogP contribution in [0.15, 0.2) is 41.1 Å². The Hall–Kier alpha value is -1.10. The molecule has 0 saturated carbocycles. The van der Waals surface area contributed by atoms with Gasteiger partial charge in [0.2, 0.25) is 0 Å². The molecule has 2 N–H and O–H groups in total. The smallest absolute Gasteiger partial charge is 0.137 e.